The van der Waals surface area contributed by atoms with Crippen LogP contribution in [0, 0.1) is 0 Å². The average Bonchev–Trinajstić information content (AvgIpc) is 3.21. The maximum atomic E-state index is 4.51. The van der Waals surface area contributed by atoms with E-state index in [1.54, 1.807) is 0 Å². The number of likely N-dealkylation sites (tertiary alicyclic amines) is 1. The number of aliphatic imine (C=N–C) groups is 1. The molecule has 140 valence electrons. The van der Waals surface area contributed by atoms with E-state index >= 15 is 0 Å². The minimum Gasteiger partial charge on any atom is -0.351 e. The summed E-state index contributed by atoms with van der Waals surface area (Å²) in [6, 6.07) is 10.8. The Bertz CT molecular complexity index is 764. The largest absolute Gasteiger partial charge is 0.351 e. The zero-order valence-corrected chi connectivity index (χ0v) is 16.5. The van der Waals surface area contributed by atoms with Gasteiger partial charge in [0.2, 0.25) is 5.95 Å². The molecule has 2 heterocycles. The van der Waals surface area contributed by atoms with Crippen molar-refractivity contribution in [1.82, 2.24) is 19.8 Å². The van der Waals surface area contributed by atoms with Crippen LogP contribution in [-0.2, 0) is 19.0 Å². The Morgan fingerprint density at radius 1 is 1.31 bits per heavy atom. The molecule has 26 heavy (non-hydrogen) atoms. The molecule has 1 atom stereocenters. The number of hydrogen-bond acceptors (Lipinski definition) is 3. The standard InChI is InChI=1S/C20H30N6/c1-20(16-9-7-6-8-10-16)11-12-26(15-20)18(21-2)22-13-17-14-23-19(24(3)4)25(17)5/h6-10,14H,11-13,15H2,1-5H3,(H,21,22). The van der Waals surface area contributed by atoms with Gasteiger partial charge in [0.15, 0.2) is 5.96 Å². The van der Waals surface area contributed by atoms with Gasteiger partial charge in [-0.2, -0.15) is 0 Å². The van der Waals surface area contributed by atoms with Crippen molar-refractivity contribution >= 4 is 11.9 Å². The van der Waals surface area contributed by atoms with Crippen molar-refractivity contribution in [3.63, 3.8) is 0 Å². The molecule has 1 aromatic heterocycles. The summed E-state index contributed by atoms with van der Waals surface area (Å²) in [6.07, 6.45) is 3.06. The molecule has 1 unspecified atom stereocenters. The fourth-order valence-electron chi connectivity index (χ4n) is 3.73. The molecular formula is C20H30N6. The average molecular weight is 355 g/mol. The molecule has 1 aromatic carbocycles. The number of rotatable bonds is 4. The zero-order chi connectivity index (χ0) is 18.7. The second-order valence-corrected chi connectivity index (χ2v) is 7.50. The van der Waals surface area contributed by atoms with Gasteiger partial charge in [0.1, 0.15) is 0 Å². The lowest BCUT2D eigenvalue weighted by molar-refractivity contribution is 0.438. The van der Waals surface area contributed by atoms with Crippen LogP contribution in [0.4, 0.5) is 5.95 Å². The Morgan fingerprint density at radius 3 is 2.65 bits per heavy atom. The topological polar surface area (TPSA) is 48.7 Å². The molecular weight excluding hydrogens is 324 g/mol. The lowest BCUT2D eigenvalue weighted by atomic mass is 9.82. The quantitative estimate of drug-likeness (QED) is 0.676. The van der Waals surface area contributed by atoms with Gasteiger partial charge in [0.25, 0.3) is 0 Å². The number of guanidine groups is 1. The lowest BCUT2D eigenvalue weighted by Gasteiger charge is -2.27. The molecule has 1 N–H and O–H groups in total. The van der Waals surface area contributed by atoms with Crippen molar-refractivity contribution < 1.29 is 0 Å². The first-order valence-corrected chi connectivity index (χ1v) is 9.13. The minimum atomic E-state index is 0.170. The third-order valence-electron chi connectivity index (χ3n) is 5.34. The number of imidazole rings is 1. The molecule has 1 saturated heterocycles. The molecule has 6 heteroatoms. The fourth-order valence-corrected chi connectivity index (χ4v) is 3.73. The Kier molecular flexibility index (Phi) is 5.20. The minimum absolute atomic E-state index is 0.170. The highest BCUT2D eigenvalue weighted by Gasteiger charge is 2.36. The van der Waals surface area contributed by atoms with Gasteiger partial charge in [-0.15, -0.1) is 0 Å². The van der Waals surface area contributed by atoms with Gasteiger partial charge in [0.05, 0.1) is 18.4 Å². The first-order valence-electron chi connectivity index (χ1n) is 9.13. The normalized spacial score (nSPS) is 20.5. The molecule has 1 aliphatic heterocycles. The molecule has 0 bridgehead atoms. The van der Waals surface area contributed by atoms with Gasteiger partial charge >= 0.3 is 0 Å². The van der Waals surface area contributed by atoms with Gasteiger partial charge in [-0.25, -0.2) is 4.98 Å². The van der Waals surface area contributed by atoms with Gasteiger partial charge in [-0.3, -0.25) is 4.99 Å². The van der Waals surface area contributed by atoms with Crippen LogP contribution in [0.3, 0.4) is 0 Å². The van der Waals surface area contributed by atoms with Crippen molar-refractivity contribution in [2.75, 3.05) is 39.1 Å². The van der Waals surface area contributed by atoms with E-state index in [4.69, 9.17) is 0 Å². The highest BCUT2D eigenvalue weighted by molar-refractivity contribution is 5.80. The first kappa shape index (κ1) is 18.3. The van der Waals surface area contributed by atoms with E-state index in [1.165, 1.54) is 5.56 Å². The summed E-state index contributed by atoms with van der Waals surface area (Å²) in [4.78, 5) is 13.4. The number of benzene rings is 1. The first-order chi connectivity index (χ1) is 12.4. The van der Waals surface area contributed by atoms with Crippen LogP contribution in [0.15, 0.2) is 41.5 Å². The van der Waals surface area contributed by atoms with Crippen molar-refractivity contribution in [2.24, 2.45) is 12.0 Å². The van der Waals surface area contributed by atoms with E-state index in [0.717, 1.165) is 37.1 Å². The van der Waals surface area contributed by atoms with E-state index in [1.807, 2.05) is 39.3 Å². The molecule has 1 fully saturated rings. The number of nitrogens with zero attached hydrogens (tertiary/aromatic N) is 5. The van der Waals surface area contributed by atoms with Gasteiger partial charge in [0, 0.05) is 46.7 Å². The van der Waals surface area contributed by atoms with E-state index in [2.05, 4.69) is 62.0 Å². The summed E-state index contributed by atoms with van der Waals surface area (Å²) >= 11 is 0. The van der Waals surface area contributed by atoms with Crippen LogP contribution in [0.1, 0.15) is 24.6 Å². The summed E-state index contributed by atoms with van der Waals surface area (Å²) in [6.45, 7) is 5.05. The molecule has 3 rings (SSSR count). The Labute approximate surface area is 156 Å². The molecule has 0 aliphatic carbocycles. The van der Waals surface area contributed by atoms with Gasteiger partial charge in [-0.1, -0.05) is 37.3 Å². The number of nitrogens with one attached hydrogen (secondary N) is 1. The maximum absolute atomic E-state index is 4.51. The van der Waals surface area contributed by atoms with Crippen molar-refractivity contribution in [2.45, 2.75) is 25.3 Å². The summed E-state index contributed by atoms with van der Waals surface area (Å²) in [7, 11) is 7.92. The third kappa shape index (κ3) is 3.54. The van der Waals surface area contributed by atoms with Crippen LogP contribution >= 0.6 is 0 Å². The van der Waals surface area contributed by atoms with Gasteiger partial charge < -0.3 is 19.7 Å². The second kappa shape index (κ2) is 7.40. The summed E-state index contributed by atoms with van der Waals surface area (Å²) in [5.74, 6) is 1.91. The lowest BCUT2D eigenvalue weighted by Crippen LogP contribution is -2.41. The molecule has 0 saturated carbocycles. The van der Waals surface area contributed by atoms with Crippen molar-refractivity contribution in [3.8, 4) is 0 Å². The summed E-state index contributed by atoms with van der Waals surface area (Å²) in [5, 5.41) is 3.51. The monoisotopic (exact) mass is 354 g/mol. The van der Waals surface area contributed by atoms with E-state index in [-0.39, 0.29) is 5.41 Å². The number of aromatic nitrogens is 2. The zero-order valence-electron chi connectivity index (χ0n) is 16.5. The fraction of sp³-hybridized carbons (Fsp3) is 0.500. The Balaban J connectivity index is 1.66. The van der Waals surface area contributed by atoms with Gasteiger partial charge in [-0.05, 0) is 12.0 Å². The van der Waals surface area contributed by atoms with Crippen LogP contribution in [-0.4, -0.2) is 54.6 Å². The highest BCUT2D eigenvalue weighted by atomic mass is 15.3. The molecule has 0 spiro atoms. The summed E-state index contributed by atoms with van der Waals surface area (Å²) < 4.78 is 2.11. The van der Waals surface area contributed by atoms with Crippen molar-refractivity contribution in [3.05, 3.63) is 47.8 Å². The Morgan fingerprint density at radius 2 is 2.04 bits per heavy atom. The Hall–Kier alpha value is -2.50. The molecule has 6 nitrogen and oxygen atoms in total. The molecule has 2 aromatic rings. The summed E-state index contributed by atoms with van der Waals surface area (Å²) in [5.41, 5.74) is 2.71. The molecule has 0 amide bonds. The predicted octanol–water partition coefficient (Wildman–Crippen LogP) is 2.23. The van der Waals surface area contributed by atoms with Crippen LogP contribution in [0.2, 0.25) is 0 Å². The third-order valence-corrected chi connectivity index (χ3v) is 5.34. The predicted molar refractivity (Wildman–Crippen MR) is 108 cm³/mol. The van der Waals surface area contributed by atoms with E-state index < -0.39 is 0 Å². The molecule has 1 aliphatic rings. The maximum Gasteiger partial charge on any atom is 0.204 e. The molecule has 0 radical (unpaired) electrons. The van der Waals surface area contributed by atoms with Crippen LogP contribution < -0.4 is 10.2 Å². The highest BCUT2D eigenvalue weighted by Crippen LogP contribution is 2.33. The van der Waals surface area contributed by atoms with E-state index in [0.29, 0.717) is 6.54 Å². The van der Waals surface area contributed by atoms with E-state index in [9.17, 15) is 0 Å². The number of anilines is 1. The van der Waals surface area contributed by atoms with Crippen molar-refractivity contribution in [1.29, 1.82) is 0 Å². The van der Waals surface area contributed by atoms with Crippen LogP contribution in [0.5, 0.6) is 0 Å². The number of hydrogen-bond donors (Lipinski definition) is 1. The SMILES string of the molecule is CN=C(NCc1cnc(N(C)C)n1C)N1CCC(C)(c2ccccc2)C1. The van der Waals surface area contributed by atoms with Crippen LogP contribution in [0.25, 0.3) is 0 Å². The second-order valence-electron chi connectivity index (χ2n) is 7.50. The smallest absolute Gasteiger partial charge is 0.204 e.